The van der Waals surface area contributed by atoms with Crippen LogP contribution < -0.4 is 5.73 Å². The molecule has 0 radical (unpaired) electrons. The summed E-state index contributed by atoms with van der Waals surface area (Å²) >= 11 is 12.5. The number of halogens is 2. The van der Waals surface area contributed by atoms with E-state index < -0.39 is 0 Å². The summed E-state index contributed by atoms with van der Waals surface area (Å²) in [6.45, 7) is 6.20. The molecule has 6 nitrogen and oxygen atoms in total. The van der Waals surface area contributed by atoms with Crippen LogP contribution in [0.4, 0.5) is 0 Å². The molecule has 154 valence electrons. The molecular weight excluding hydrogens is 411 g/mol. The van der Waals surface area contributed by atoms with Crippen LogP contribution in [0.1, 0.15) is 41.2 Å². The van der Waals surface area contributed by atoms with Gasteiger partial charge in [0, 0.05) is 46.5 Å². The van der Waals surface area contributed by atoms with Gasteiger partial charge in [-0.3, -0.25) is 14.6 Å². The number of nitrogens with zero attached hydrogens (tertiary/aromatic N) is 3. The summed E-state index contributed by atoms with van der Waals surface area (Å²) < 4.78 is 0. The van der Waals surface area contributed by atoms with Crippen molar-refractivity contribution in [2.45, 2.75) is 39.9 Å². The van der Waals surface area contributed by atoms with Gasteiger partial charge in [-0.15, -0.1) is 0 Å². The zero-order chi connectivity index (χ0) is 21.5. The molecule has 1 aromatic heterocycles. The van der Waals surface area contributed by atoms with Crippen LogP contribution >= 0.6 is 23.2 Å². The van der Waals surface area contributed by atoms with Crippen molar-refractivity contribution in [3.63, 3.8) is 0 Å². The highest BCUT2D eigenvalue weighted by Gasteiger charge is 2.35. The van der Waals surface area contributed by atoms with Gasteiger partial charge < -0.3 is 15.5 Å². The molecule has 2 amide bonds. The Morgan fingerprint density at radius 1 is 1.31 bits per heavy atom. The molecule has 8 heteroatoms. The zero-order valence-electron chi connectivity index (χ0n) is 16.9. The number of carbonyl (C=O) groups is 2. The van der Waals surface area contributed by atoms with Crippen molar-refractivity contribution in [3.8, 4) is 11.1 Å². The van der Waals surface area contributed by atoms with E-state index in [-0.39, 0.29) is 37.5 Å². The number of nitrogens with two attached hydrogens (primary N) is 1. The van der Waals surface area contributed by atoms with Gasteiger partial charge >= 0.3 is 0 Å². The second kappa shape index (κ2) is 8.30. The summed E-state index contributed by atoms with van der Waals surface area (Å²) in [5, 5.41) is 0.938. The molecule has 0 saturated heterocycles. The van der Waals surface area contributed by atoms with Gasteiger partial charge in [-0.25, -0.2) is 0 Å². The summed E-state index contributed by atoms with van der Waals surface area (Å²) in [5.74, 6) is -0.364. The van der Waals surface area contributed by atoms with Crippen LogP contribution in [-0.4, -0.2) is 46.2 Å². The van der Waals surface area contributed by atoms with Crippen molar-refractivity contribution >= 4 is 35.0 Å². The van der Waals surface area contributed by atoms with Crippen LogP contribution in [-0.2, 0) is 17.9 Å². The second-order valence-electron chi connectivity index (χ2n) is 7.46. The third-order valence-corrected chi connectivity index (χ3v) is 5.87. The summed E-state index contributed by atoms with van der Waals surface area (Å²) in [6.07, 6.45) is 0. The van der Waals surface area contributed by atoms with E-state index in [1.165, 1.54) is 4.90 Å². The Morgan fingerprint density at radius 3 is 2.59 bits per heavy atom. The third kappa shape index (κ3) is 3.97. The molecule has 0 unspecified atom stereocenters. The molecular formula is C21H24Cl2N4O2. The fourth-order valence-corrected chi connectivity index (χ4v) is 3.99. The Labute approximate surface area is 180 Å². The maximum atomic E-state index is 13.3. The number of hydrogen-bond acceptors (Lipinski definition) is 4. The first-order valence-electron chi connectivity index (χ1n) is 9.38. The lowest BCUT2D eigenvalue weighted by molar-refractivity contribution is -0.132. The summed E-state index contributed by atoms with van der Waals surface area (Å²) in [4.78, 5) is 33.6. The van der Waals surface area contributed by atoms with Crippen molar-refractivity contribution in [1.82, 2.24) is 14.8 Å². The average Bonchev–Trinajstić information content (AvgIpc) is 2.95. The summed E-state index contributed by atoms with van der Waals surface area (Å²) in [6, 6.07) is 5.20. The average molecular weight is 435 g/mol. The SMILES string of the molecule is Cc1nc2c(c(-c3ccc(Cl)cc3Cl)c1CN)C(=O)N(CC(=O)N(C)C(C)C)C2. The Balaban J connectivity index is 2.09. The van der Waals surface area contributed by atoms with Gasteiger partial charge in [0.1, 0.15) is 6.54 Å². The molecule has 2 heterocycles. The van der Waals surface area contributed by atoms with Crippen LogP contribution in [0.5, 0.6) is 0 Å². The van der Waals surface area contributed by atoms with Crippen molar-refractivity contribution in [1.29, 1.82) is 0 Å². The molecule has 1 aliphatic heterocycles. The highest BCUT2D eigenvalue weighted by Crippen LogP contribution is 2.39. The molecule has 0 spiro atoms. The van der Waals surface area contributed by atoms with Gasteiger partial charge in [-0.2, -0.15) is 0 Å². The molecule has 0 atom stereocenters. The first-order chi connectivity index (χ1) is 13.6. The van der Waals surface area contributed by atoms with E-state index in [4.69, 9.17) is 28.9 Å². The lowest BCUT2D eigenvalue weighted by atomic mass is 9.93. The molecule has 0 aliphatic carbocycles. The summed E-state index contributed by atoms with van der Waals surface area (Å²) in [7, 11) is 1.73. The standard InChI is InChI=1S/C21H24Cl2N4O2/c1-11(2)26(4)18(28)10-27-9-17-20(21(27)29)19(15(8-24)12(3)25-17)14-6-5-13(22)7-16(14)23/h5-7,11H,8-10,24H2,1-4H3. The Kier molecular flexibility index (Phi) is 6.17. The Morgan fingerprint density at radius 2 is 2.00 bits per heavy atom. The molecule has 3 rings (SSSR count). The molecule has 0 fully saturated rings. The monoisotopic (exact) mass is 434 g/mol. The van der Waals surface area contributed by atoms with Gasteiger partial charge in [-0.1, -0.05) is 29.3 Å². The molecule has 1 aromatic carbocycles. The molecule has 2 aromatic rings. The van der Waals surface area contributed by atoms with Crippen LogP contribution in [0.15, 0.2) is 18.2 Å². The number of rotatable bonds is 5. The molecule has 1 aliphatic rings. The molecule has 0 bridgehead atoms. The van der Waals surface area contributed by atoms with Crippen molar-refractivity contribution in [3.05, 3.63) is 50.8 Å². The van der Waals surface area contributed by atoms with Crippen LogP contribution in [0.25, 0.3) is 11.1 Å². The zero-order valence-corrected chi connectivity index (χ0v) is 18.4. The fraction of sp³-hybridized carbons (Fsp3) is 0.381. The number of carbonyl (C=O) groups excluding carboxylic acids is 2. The van der Waals surface area contributed by atoms with Gasteiger partial charge in [0.15, 0.2) is 0 Å². The number of pyridine rings is 1. The summed E-state index contributed by atoms with van der Waals surface area (Å²) in [5.41, 5.74) is 9.95. The number of aryl methyl sites for hydroxylation is 1. The third-order valence-electron chi connectivity index (χ3n) is 5.32. The van der Waals surface area contributed by atoms with Crippen LogP contribution in [0.3, 0.4) is 0 Å². The van der Waals surface area contributed by atoms with Crippen molar-refractivity contribution in [2.75, 3.05) is 13.6 Å². The predicted molar refractivity (Wildman–Crippen MR) is 115 cm³/mol. The van der Waals surface area contributed by atoms with Crippen molar-refractivity contribution < 1.29 is 9.59 Å². The maximum absolute atomic E-state index is 13.3. The minimum absolute atomic E-state index is 0.00529. The number of amides is 2. The van der Waals surface area contributed by atoms with Gasteiger partial charge in [0.05, 0.1) is 17.8 Å². The topological polar surface area (TPSA) is 79.5 Å². The van der Waals surface area contributed by atoms with Gasteiger partial charge in [0.25, 0.3) is 5.91 Å². The predicted octanol–water partition coefficient (Wildman–Crippen LogP) is 3.65. The number of benzene rings is 1. The van der Waals surface area contributed by atoms with E-state index in [1.54, 1.807) is 30.1 Å². The van der Waals surface area contributed by atoms with Crippen LogP contribution in [0, 0.1) is 6.92 Å². The van der Waals surface area contributed by atoms with E-state index in [0.29, 0.717) is 32.4 Å². The number of hydrogen-bond donors (Lipinski definition) is 1. The lowest BCUT2D eigenvalue weighted by Gasteiger charge is -2.24. The van der Waals surface area contributed by atoms with E-state index >= 15 is 0 Å². The Bertz CT molecular complexity index is 991. The van der Waals surface area contributed by atoms with Crippen LogP contribution in [0.2, 0.25) is 10.0 Å². The van der Waals surface area contributed by atoms with Gasteiger partial charge in [0.2, 0.25) is 5.91 Å². The minimum atomic E-state index is -0.242. The van der Waals surface area contributed by atoms with E-state index in [9.17, 15) is 9.59 Å². The minimum Gasteiger partial charge on any atom is -0.342 e. The number of likely N-dealkylation sites (N-methyl/N-ethyl adjacent to an activating group) is 1. The molecule has 29 heavy (non-hydrogen) atoms. The first-order valence-corrected chi connectivity index (χ1v) is 10.1. The number of aromatic nitrogens is 1. The van der Waals surface area contributed by atoms with Crippen molar-refractivity contribution in [2.24, 2.45) is 5.73 Å². The van der Waals surface area contributed by atoms with E-state index in [0.717, 1.165) is 11.3 Å². The normalized spacial score (nSPS) is 13.2. The highest BCUT2D eigenvalue weighted by atomic mass is 35.5. The lowest BCUT2D eigenvalue weighted by Crippen LogP contribution is -2.41. The smallest absolute Gasteiger partial charge is 0.257 e. The molecule has 2 N–H and O–H groups in total. The largest absolute Gasteiger partial charge is 0.342 e. The molecule has 0 saturated carbocycles. The van der Waals surface area contributed by atoms with Gasteiger partial charge in [-0.05, 0) is 38.5 Å². The first kappa shape index (κ1) is 21.6. The van der Waals surface area contributed by atoms with E-state index in [2.05, 4.69) is 4.98 Å². The second-order valence-corrected chi connectivity index (χ2v) is 8.30. The number of fused-ring (bicyclic) bond motifs is 1. The highest BCUT2D eigenvalue weighted by molar-refractivity contribution is 6.36. The Hall–Kier alpha value is -2.15. The van der Waals surface area contributed by atoms with E-state index in [1.807, 2.05) is 20.8 Å². The quantitative estimate of drug-likeness (QED) is 0.778. The maximum Gasteiger partial charge on any atom is 0.257 e. The fourth-order valence-electron chi connectivity index (χ4n) is 3.49.